The molecule has 1 aliphatic heterocycles. The smallest absolute Gasteiger partial charge is 0.123 e. The van der Waals surface area contributed by atoms with Gasteiger partial charge in [-0.15, -0.1) is 0 Å². The first-order valence-electron chi connectivity index (χ1n) is 5.52. The van der Waals surface area contributed by atoms with Crippen LogP contribution in [0.5, 0.6) is 0 Å². The fraction of sp³-hybridized carbons (Fsp3) is 0.308. The molecule has 1 aromatic rings. The van der Waals surface area contributed by atoms with Crippen LogP contribution in [0.25, 0.3) is 5.57 Å². The van der Waals surface area contributed by atoms with Gasteiger partial charge in [-0.05, 0) is 36.1 Å². The molecular weight excluding hydrogens is 219 g/mol. The molecule has 88 valence electrons. The quantitative estimate of drug-likeness (QED) is 0.757. The molecule has 1 N–H and O–H groups in total. The van der Waals surface area contributed by atoms with Crippen LogP contribution in [0.4, 0.5) is 4.39 Å². The number of benzene rings is 1. The predicted molar refractivity (Wildman–Crippen MR) is 61.5 cm³/mol. The van der Waals surface area contributed by atoms with E-state index in [1.807, 2.05) is 0 Å². The zero-order valence-electron chi connectivity index (χ0n) is 9.36. The predicted octanol–water partition coefficient (Wildman–Crippen LogP) is 2.59. The van der Waals surface area contributed by atoms with Crippen molar-refractivity contribution in [2.45, 2.75) is 12.8 Å². The van der Waals surface area contributed by atoms with Gasteiger partial charge in [0.25, 0.3) is 0 Å². The van der Waals surface area contributed by atoms with Crippen LogP contribution in [0.3, 0.4) is 0 Å². The third-order valence-electron chi connectivity index (χ3n) is 2.94. The van der Waals surface area contributed by atoms with Crippen LogP contribution in [0.15, 0.2) is 29.8 Å². The van der Waals surface area contributed by atoms with Crippen molar-refractivity contribution in [3.63, 3.8) is 0 Å². The summed E-state index contributed by atoms with van der Waals surface area (Å²) >= 11 is 0. The van der Waals surface area contributed by atoms with Crippen LogP contribution >= 0.6 is 0 Å². The van der Waals surface area contributed by atoms with E-state index in [1.54, 1.807) is 12.1 Å². The summed E-state index contributed by atoms with van der Waals surface area (Å²) in [6.45, 7) is 1.09. The molecular formula is C13H13FN2O. The molecule has 0 aromatic heterocycles. The average molecular weight is 232 g/mol. The van der Waals surface area contributed by atoms with Crippen LogP contribution in [0, 0.1) is 17.1 Å². The fourth-order valence-corrected chi connectivity index (χ4v) is 1.98. The standard InChI is InChI=1S/C13H13FN2O/c14-12-3-1-10(2-4-12)13(9-15)11-5-7-16(17)8-6-11/h1-4,17H,5-8H2. The molecule has 0 aliphatic carbocycles. The summed E-state index contributed by atoms with van der Waals surface area (Å²) in [4.78, 5) is 0. The highest BCUT2D eigenvalue weighted by Gasteiger charge is 2.16. The van der Waals surface area contributed by atoms with Crippen LogP contribution in [-0.2, 0) is 0 Å². The number of hydrogen-bond donors (Lipinski definition) is 1. The first kappa shape index (κ1) is 11.8. The summed E-state index contributed by atoms with van der Waals surface area (Å²) in [7, 11) is 0. The number of halogens is 1. The Morgan fingerprint density at radius 2 is 1.82 bits per heavy atom. The number of nitriles is 1. The lowest BCUT2D eigenvalue weighted by Gasteiger charge is -2.23. The average Bonchev–Trinajstić information content (AvgIpc) is 2.35. The number of hydrogen-bond acceptors (Lipinski definition) is 3. The molecule has 0 saturated carbocycles. The molecule has 1 heterocycles. The molecule has 1 aromatic carbocycles. The number of rotatable bonds is 1. The van der Waals surface area contributed by atoms with Crippen LogP contribution in [0.1, 0.15) is 18.4 Å². The minimum absolute atomic E-state index is 0.304. The van der Waals surface area contributed by atoms with Crippen molar-refractivity contribution in [3.05, 3.63) is 41.2 Å². The maximum atomic E-state index is 12.8. The van der Waals surface area contributed by atoms with Gasteiger partial charge in [-0.1, -0.05) is 12.1 Å². The molecule has 1 fully saturated rings. The highest BCUT2D eigenvalue weighted by atomic mass is 19.1. The monoisotopic (exact) mass is 232 g/mol. The summed E-state index contributed by atoms with van der Waals surface area (Å²) in [5.74, 6) is -0.304. The van der Waals surface area contributed by atoms with E-state index in [0.29, 0.717) is 31.5 Å². The second-order valence-electron chi connectivity index (χ2n) is 4.05. The maximum absolute atomic E-state index is 12.8. The molecule has 2 rings (SSSR count). The molecule has 4 heteroatoms. The molecule has 0 bridgehead atoms. The van der Waals surface area contributed by atoms with Gasteiger partial charge >= 0.3 is 0 Å². The molecule has 0 unspecified atom stereocenters. The lowest BCUT2D eigenvalue weighted by molar-refractivity contribution is -0.0958. The first-order chi connectivity index (χ1) is 8.20. The number of allylic oxidation sites excluding steroid dienone is 1. The Kier molecular flexibility index (Phi) is 3.52. The van der Waals surface area contributed by atoms with Gasteiger partial charge in [0.1, 0.15) is 5.82 Å². The molecule has 1 aliphatic rings. The Bertz CT molecular complexity index is 463. The number of hydroxylamine groups is 2. The van der Waals surface area contributed by atoms with E-state index in [1.165, 1.54) is 17.2 Å². The van der Waals surface area contributed by atoms with E-state index < -0.39 is 0 Å². The fourth-order valence-electron chi connectivity index (χ4n) is 1.98. The van der Waals surface area contributed by atoms with Gasteiger partial charge in [0.2, 0.25) is 0 Å². The number of nitrogens with zero attached hydrogens (tertiary/aromatic N) is 2. The minimum atomic E-state index is -0.304. The van der Waals surface area contributed by atoms with E-state index in [4.69, 9.17) is 0 Å². The summed E-state index contributed by atoms with van der Waals surface area (Å²) in [5, 5.41) is 19.7. The van der Waals surface area contributed by atoms with Crippen molar-refractivity contribution in [1.82, 2.24) is 5.06 Å². The number of piperidine rings is 1. The third-order valence-corrected chi connectivity index (χ3v) is 2.94. The van der Waals surface area contributed by atoms with E-state index in [0.717, 1.165) is 11.1 Å². The minimum Gasteiger partial charge on any atom is -0.314 e. The van der Waals surface area contributed by atoms with Gasteiger partial charge < -0.3 is 5.21 Å². The summed E-state index contributed by atoms with van der Waals surface area (Å²) < 4.78 is 12.8. The normalized spacial score (nSPS) is 16.6. The topological polar surface area (TPSA) is 47.3 Å². The van der Waals surface area contributed by atoms with Crippen molar-refractivity contribution in [2.75, 3.05) is 13.1 Å². The summed E-state index contributed by atoms with van der Waals surface area (Å²) in [6, 6.07) is 8.13. The molecule has 0 radical (unpaired) electrons. The SMILES string of the molecule is N#CC(=C1CCN(O)CC1)c1ccc(F)cc1. The lowest BCUT2D eigenvalue weighted by Crippen LogP contribution is -2.27. The highest BCUT2D eigenvalue weighted by Crippen LogP contribution is 2.25. The molecule has 0 amide bonds. The van der Waals surface area contributed by atoms with Crippen LogP contribution in [0.2, 0.25) is 0 Å². The van der Waals surface area contributed by atoms with Gasteiger partial charge in [0.05, 0.1) is 11.6 Å². The van der Waals surface area contributed by atoms with E-state index >= 15 is 0 Å². The summed E-state index contributed by atoms with van der Waals surface area (Å²) in [6.07, 6.45) is 1.35. The van der Waals surface area contributed by atoms with Gasteiger partial charge in [0, 0.05) is 13.1 Å². The Morgan fingerprint density at radius 3 is 2.35 bits per heavy atom. The second-order valence-corrected chi connectivity index (χ2v) is 4.05. The van der Waals surface area contributed by atoms with Crippen LogP contribution in [-0.4, -0.2) is 23.4 Å². The zero-order chi connectivity index (χ0) is 12.3. The molecule has 1 saturated heterocycles. The third kappa shape index (κ3) is 2.70. The molecule has 17 heavy (non-hydrogen) atoms. The van der Waals surface area contributed by atoms with Crippen molar-refractivity contribution in [1.29, 1.82) is 5.26 Å². The Balaban J connectivity index is 2.30. The molecule has 3 nitrogen and oxygen atoms in total. The van der Waals surface area contributed by atoms with Gasteiger partial charge in [-0.3, -0.25) is 0 Å². The molecule has 0 spiro atoms. The van der Waals surface area contributed by atoms with E-state index in [9.17, 15) is 14.9 Å². The Labute approximate surface area is 99.4 Å². The van der Waals surface area contributed by atoms with Gasteiger partial charge in [0.15, 0.2) is 0 Å². The Morgan fingerprint density at radius 1 is 1.24 bits per heavy atom. The first-order valence-corrected chi connectivity index (χ1v) is 5.52. The summed E-state index contributed by atoms with van der Waals surface area (Å²) in [5.41, 5.74) is 2.39. The van der Waals surface area contributed by atoms with Crippen molar-refractivity contribution < 1.29 is 9.60 Å². The second kappa shape index (κ2) is 5.09. The van der Waals surface area contributed by atoms with Crippen molar-refractivity contribution in [2.24, 2.45) is 0 Å². The maximum Gasteiger partial charge on any atom is 0.123 e. The van der Waals surface area contributed by atoms with E-state index in [-0.39, 0.29) is 5.82 Å². The lowest BCUT2D eigenvalue weighted by atomic mass is 9.94. The molecule has 0 atom stereocenters. The van der Waals surface area contributed by atoms with Crippen molar-refractivity contribution >= 4 is 5.57 Å². The van der Waals surface area contributed by atoms with Crippen LogP contribution < -0.4 is 0 Å². The zero-order valence-corrected chi connectivity index (χ0v) is 9.36. The van der Waals surface area contributed by atoms with Gasteiger partial charge in [-0.25, -0.2) is 4.39 Å². The van der Waals surface area contributed by atoms with Crippen molar-refractivity contribution in [3.8, 4) is 6.07 Å². The Hall–Kier alpha value is -1.70. The van der Waals surface area contributed by atoms with E-state index in [2.05, 4.69) is 6.07 Å². The highest BCUT2D eigenvalue weighted by molar-refractivity contribution is 5.79. The van der Waals surface area contributed by atoms with Gasteiger partial charge in [-0.2, -0.15) is 10.3 Å². The largest absolute Gasteiger partial charge is 0.314 e.